The second kappa shape index (κ2) is 8.92. The summed E-state index contributed by atoms with van der Waals surface area (Å²) >= 11 is 0. The van der Waals surface area contributed by atoms with E-state index in [2.05, 4.69) is 20.5 Å². The Morgan fingerprint density at radius 3 is 2.72 bits per heavy atom. The molecule has 2 aliphatic heterocycles. The molecule has 0 bridgehead atoms. The standard InChI is InChI=1S/C12H24N4O.HI/c1-13-12(14-5-8-16-6-3-7-16)15-10-11-4-2-9-17-11;/h11H,2-10H2,1H3,(H2,13,14,15);1H. The molecule has 1 unspecified atom stereocenters. The van der Waals surface area contributed by atoms with Crippen LogP contribution in [0.4, 0.5) is 0 Å². The summed E-state index contributed by atoms with van der Waals surface area (Å²) < 4.78 is 5.56. The van der Waals surface area contributed by atoms with Crippen molar-refractivity contribution in [3.8, 4) is 0 Å². The molecule has 2 saturated heterocycles. The predicted octanol–water partition coefficient (Wildman–Crippen LogP) is 0.654. The summed E-state index contributed by atoms with van der Waals surface area (Å²) in [6.07, 6.45) is 4.07. The van der Waals surface area contributed by atoms with Gasteiger partial charge in [0.15, 0.2) is 5.96 Å². The van der Waals surface area contributed by atoms with Crippen LogP contribution >= 0.6 is 24.0 Å². The molecule has 5 nitrogen and oxygen atoms in total. The second-order valence-corrected chi connectivity index (χ2v) is 4.71. The number of aliphatic imine (C=N–C) groups is 1. The third kappa shape index (κ3) is 5.27. The molecule has 18 heavy (non-hydrogen) atoms. The lowest BCUT2D eigenvalue weighted by atomic mass is 10.2. The smallest absolute Gasteiger partial charge is 0.191 e. The van der Waals surface area contributed by atoms with Gasteiger partial charge in [0.25, 0.3) is 0 Å². The minimum atomic E-state index is 0. The highest BCUT2D eigenvalue weighted by atomic mass is 127. The fourth-order valence-corrected chi connectivity index (χ4v) is 2.17. The fourth-order valence-electron chi connectivity index (χ4n) is 2.17. The van der Waals surface area contributed by atoms with Crippen molar-refractivity contribution in [2.24, 2.45) is 4.99 Å². The molecule has 0 aromatic rings. The maximum atomic E-state index is 5.56. The Morgan fingerprint density at radius 2 is 2.17 bits per heavy atom. The molecule has 0 amide bonds. The summed E-state index contributed by atoms with van der Waals surface area (Å²) in [7, 11) is 1.81. The molecule has 0 aromatic carbocycles. The van der Waals surface area contributed by atoms with E-state index in [0.29, 0.717) is 6.10 Å². The number of hydrogen-bond acceptors (Lipinski definition) is 3. The number of nitrogens with one attached hydrogen (secondary N) is 2. The maximum Gasteiger partial charge on any atom is 0.191 e. The van der Waals surface area contributed by atoms with Gasteiger partial charge in [0, 0.05) is 33.3 Å². The highest BCUT2D eigenvalue weighted by Gasteiger charge is 2.16. The maximum absolute atomic E-state index is 5.56. The molecule has 2 heterocycles. The molecule has 2 N–H and O–H groups in total. The van der Waals surface area contributed by atoms with E-state index in [1.165, 1.54) is 25.9 Å². The molecule has 6 heteroatoms. The van der Waals surface area contributed by atoms with Crippen molar-refractivity contribution >= 4 is 29.9 Å². The van der Waals surface area contributed by atoms with Crippen LogP contribution < -0.4 is 10.6 Å². The first-order valence-electron chi connectivity index (χ1n) is 6.67. The van der Waals surface area contributed by atoms with Crippen molar-refractivity contribution in [3.63, 3.8) is 0 Å². The molecule has 0 radical (unpaired) electrons. The molecule has 0 aromatic heterocycles. The van der Waals surface area contributed by atoms with E-state index >= 15 is 0 Å². The predicted molar refractivity (Wildman–Crippen MR) is 84.8 cm³/mol. The van der Waals surface area contributed by atoms with Crippen molar-refractivity contribution in [2.45, 2.75) is 25.4 Å². The van der Waals surface area contributed by atoms with Crippen LogP contribution in [-0.4, -0.2) is 63.3 Å². The van der Waals surface area contributed by atoms with E-state index in [-0.39, 0.29) is 24.0 Å². The van der Waals surface area contributed by atoms with Crippen LogP contribution in [0.2, 0.25) is 0 Å². The highest BCUT2D eigenvalue weighted by Crippen LogP contribution is 2.10. The lowest BCUT2D eigenvalue weighted by Crippen LogP contribution is -2.46. The van der Waals surface area contributed by atoms with Crippen LogP contribution in [0, 0.1) is 0 Å². The fraction of sp³-hybridized carbons (Fsp3) is 0.917. The largest absolute Gasteiger partial charge is 0.376 e. The van der Waals surface area contributed by atoms with Crippen molar-refractivity contribution in [1.29, 1.82) is 0 Å². The lowest BCUT2D eigenvalue weighted by Gasteiger charge is -2.30. The average molecular weight is 368 g/mol. The zero-order valence-corrected chi connectivity index (χ0v) is 13.5. The Bertz CT molecular complexity index is 252. The third-order valence-corrected chi connectivity index (χ3v) is 3.41. The Labute approximate surface area is 127 Å². The zero-order valence-electron chi connectivity index (χ0n) is 11.2. The molecule has 0 spiro atoms. The topological polar surface area (TPSA) is 48.9 Å². The van der Waals surface area contributed by atoms with E-state index < -0.39 is 0 Å². The van der Waals surface area contributed by atoms with Gasteiger partial charge < -0.3 is 20.3 Å². The highest BCUT2D eigenvalue weighted by molar-refractivity contribution is 14.0. The van der Waals surface area contributed by atoms with Crippen molar-refractivity contribution < 1.29 is 4.74 Å². The van der Waals surface area contributed by atoms with Gasteiger partial charge in [0.05, 0.1) is 6.10 Å². The van der Waals surface area contributed by atoms with Gasteiger partial charge in [-0.3, -0.25) is 4.99 Å². The lowest BCUT2D eigenvalue weighted by molar-refractivity contribution is 0.113. The van der Waals surface area contributed by atoms with E-state index in [9.17, 15) is 0 Å². The molecule has 106 valence electrons. The van der Waals surface area contributed by atoms with Gasteiger partial charge in [0.2, 0.25) is 0 Å². The molecule has 0 saturated carbocycles. The van der Waals surface area contributed by atoms with Crippen LogP contribution in [0.25, 0.3) is 0 Å². The Morgan fingerprint density at radius 1 is 1.33 bits per heavy atom. The van der Waals surface area contributed by atoms with Crippen LogP contribution in [0.15, 0.2) is 4.99 Å². The molecule has 2 aliphatic rings. The van der Waals surface area contributed by atoms with Crippen molar-refractivity contribution in [2.75, 3.05) is 46.4 Å². The second-order valence-electron chi connectivity index (χ2n) is 4.71. The van der Waals surface area contributed by atoms with Crippen molar-refractivity contribution in [3.05, 3.63) is 0 Å². The molecule has 2 fully saturated rings. The number of nitrogens with zero attached hydrogens (tertiary/aromatic N) is 2. The summed E-state index contributed by atoms with van der Waals surface area (Å²) in [4.78, 5) is 6.65. The summed E-state index contributed by atoms with van der Waals surface area (Å²) in [5.41, 5.74) is 0. The first-order chi connectivity index (χ1) is 8.38. The van der Waals surface area contributed by atoms with Crippen LogP contribution in [0.3, 0.4) is 0 Å². The van der Waals surface area contributed by atoms with Gasteiger partial charge >= 0.3 is 0 Å². The Balaban J connectivity index is 0.00000162. The van der Waals surface area contributed by atoms with E-state index in [1.807, 2.05) is 7.05 Å². The first kappa shape index (κ1) is 16.0. The molecular weight excluding hydrogens is 343 g/mol. The molecule has 1 atom stereocenters. The molecule has 0 aliphatic carbocycles. The third-order valence-electron chi connectivity index (χ3n) is 3.41. The number of halogens is 1. The van der Waals surface area contributed by atoms with Gasteiger partial charge in [0.1, 0.15) is 0 Å². The quantitative estimate of drug-likeness (QED) is 0.425. The summed E-state index contributed by atoms with van der Waals surface area (Å²) in [5, 5.41) is 6.65. The number of rotatable bonds is 5. The normalized spacial score (nSPS) is 24.3. The molecule has 2 rings (SSSR count). The zero-order chi connectivity index (χ0) is 11.9. The number of guanidine groups is 1. The van der Waals surface area contributed by atoms with Crippen LogP contribution in [0.1, 0.15) is 19.3 Å². The minimum absolute atomic E-state index is 0. The van der Waals surface area contributed by atoms with Gasteiger partial charge in [-0.2, -0.15) is 0 Å². The summed E-state index contributed by atoms with van der Waals surface area (Å²) in [5.74, 6) is 0.890. The number of ether oxygens (including phenoxy) is 1. The van der Waals surface area contributed by atoms with Crippen LogP contribution in [0.5, 0.6) is 0 Å². The van der Waals surface area contributed by atoms with E-state index in [1.54, 1.807) is 0 Å². The van der Waals surface area contributed by atoms with Gasteiger partial charge in [-0.25, -0.2) is 0 Å². The number of likely N-dealkylation sites (tertiary alicyclic amines) is 1. The monoisotopic (exact) mass is 368 g/mol. The van der Waals surface area contributed by atoms with Crippen molar-refractivity contribution in [1.82, 2.24) is 15.5 Å². The Kier molecular flexibility index (Phi) is 7.92. The average Bonchev–Trinajstić information content (AvgIpc) is 2.78. The first-order valence-corrected chi connectivity index (χ1v) is 6.67. The van der Waals surface area contributed by atoms with Gasteiger partial charge in [-0.1, -0.05) is 0 Å². The van der Waals surface area contributed by atoms with E-state index in [0.717, 1.165) is 38.6 Å². The van der Waals surface area contributed by atoms with E-state index in [4.69, 9.17) is 4.74 Å². The summed E-state index contributed by atoms with van der Waals surface area (Å²) in [6.45, 7) is 6.36. The van der Waals surface area contributed by atoms with Gasteiger partial charge in [-0.15, -0.1) is 24.0 Å². The molecular formula is C12H25IN4O. The number of hydrogen-bond donors (Lipinski definition) is 2. The Hall–Kier alpha value is -0.0800. The SMILES string of the molecule is CN=C(NCCN1CCC1)NCC1CCCO1.I. The van der Waals surface area contributed by atoms with Gasteiger partial charge in [-0.05, 0) is 32.4 Å². The van der Waals surface area contributed by atoms with Crippen LogP contribution in [-0.2, 0) is 4.74 Å². The minimum Gasteiger partial charge on any atom is -0.376 e. The summed E-state index contributed by atoms with van der Waals surface area (Å²) in [6, 6.07) is 0.